The highest BCUT2D eigenvalue weighted by Crippen LogP contribution is 2.28. The van der Waals surface area contributed by atoms with Crippen molar-refractivity contribution in [3.05, 3.63) is 29.2 Å². The third-order valence-electron chi connectivity index (χ3n) is 4.37. The fourth-order valence-electron chi connectivity index (χ4n) is 3.27. The Bertz CT molecular complexity index is 672. The Kier molecular flexibility index (Phi) is 4.41. The number of ether oxygens (including phenoxy) is 1. The lowest BCUT2D eigenvalue weighted by Gasteiger charge is -2.10. The lowest BCUT2D eigenvalue weighted by molar-refractivity contribution is 0.0519. The number of aryl methyl sites for hydroxylation is 1. The molecular formula is C17H23N3O2. The SMILES string of the molecule is CCOC(=O)c1cc2nc(CC3CCCC3)cc(CC)n2n1. The van der Waals surface area contributed by atoms with Crippen LogP contribution in [0.2, 0.25) is 0 Å². The Morgan fingerprint density at radius 1 is 1.32 bits per heavy atom. The number of hydrogen-bond acceptors (Lipinski definition) is 4. The van der Waals surface area contributed by atoms with Gasteiger partial charge in [-0.2, -0.15) is 5.10 Å². The Hall–Kier alpha value is -1.91. The van der Waals surface area contributed by atoms with Gasteiger partial charge in [0.25, 0.3) is 0 Å². The Morgan fingerprint density at radius 2 is 2.09 bits per heavy atom. The van der Waals surface area contributed by atoms with E-state index in [0.29, 0.717) is 12.3 Å². The highest BCUT2D eigenvalue weighted by atomic mass is 16.5. The van der Waals surface area contributed by atoms with Gasteiger partial charge in [-0.15, -0.1) is 0 Å². The highest BCUT2D eigenvalue weighted by Gasteiger charge is 2.19. The van der Waals surface area contributed by atoms with Crippen molar-refractivity contribution in [1.29, 1.82) is 0 Å². The number of hydrogen-bond donors (Lipinski definition) is 0. The number of carbonyl (C=O) groups is 1. The summed E-state index contributed by atoms with van der Waals surface area (Å²) < 4.78 is 6.79. The maximum Gasteiger partial charge on any atom is 0.358 e. The Morgan fingerprint density at radius 3 is 2.77 bits per heavy atom. The van der Waals surface area contributed by atoms with Crippen molar-refractivity contribution >= 4 is 11.6 Å². The van der Waals surface area contributed by atoms with Crippen LogP contribution in [0, 0.1) is 5.92 Å². The van der Waals surface area contributed by atoms with Crippen molar-refractivity contribution in [3.63, 3.8) is 0 Å². The lowest BCUT2D eigenvalue weighted by Crippen LogP contribution is -2.08. The van der Waals surface area contributed by atoms with Crippen LogP contribution in [0.4, 0.5) is 0 Å². The summed E-state index contributed by atoms with van der Waals surface area (Å²) in [5, 5.41) is 4.35. The maximum absolute atomic E-state index is 11.9. The minimum absolute atomic E-state index is 0.335. The van der Waals surface area contributed by atoms with Crippen molar-refractivity contribution < 1.29 is 9.53 Å². The van der Waals surface area contributed by atoms with Gasteiger partial charge < -0.3 is 4.74 Å². The summed E-state index contributed by atoms with van der Waals surface area (Å²) in [4.78, 5) is 16.6. The van der Waals surface area contributed by atoms with Crippen LogP contribution in [0.5, 0.6) is 0 Å². The first-order valence-electron chi connectivity index (χ1n) is 8.27. The molecule has 1 fully saturated rings. The Balaban J connectivity index is 1.93. The van der Waals surface area contributed by atoms with Crippen LogP contribution in [0.25, 0.3) is 5.65 Å². The topological polar surface area (TPSA) is 56.5 Å². The van der Waals surface area contributed by atoms with E-state index in [9.17, 15) is 4.79 Å². The average molecular weight is 301 g/mol. The fourth-order valence-corrected chi connectivity index (χ4v) is 3.27. The van der Waals surface area contributed by atoms with E-state index in [0.717, 1.165) is 35.8 Å². The molecule has 5 heteroatoms. The molecule has 0 saturated heterocycles. The summed E-state index contributed by atoms with van der Waals surface area (Å²) in [5.74, 6) is 0.375. The number of rotatable bonds is 5. The molecule has 0 aromatic carbocycles. The van der Waals surface area contributed by atoms with E-state index in [4.69, 9.17) is 9.72 Å². The van der Waals surface area contributed by atoms with E-state index in [2.05, 4.69) is 18.1 Å². The summed E-state index contributed by atoms with van der Waals surface area (Å²) in [5.41, 5.74) is 3.29. The van der Waals surface area contributed by atoms with Crippen molar-refractivity contribution in [2.24, 2.45) is 5.92 Å². The second kappa shape index (κ2) is 6.46. The minimum atomic E-state index is -0.382. The molecule has 0 unspecified atom stereocenters. The summed E-state index contributed by atoms with van der Waals surface area (Å²) in [6.45, 7) is 4.25. The maximum atomic E-state index is 11.9. The molecule has 0 amide bonds. The van der Waals surface area contributed by atoms with E-state index >= 15 is 0 Å². The molecule has 3 rings (SSSR count). The van der Waals surface area contributed by atoms with E-state index in [-0.39, 0.29) is 5.97 Å². The predicted molar refractivity (Wildman–Crippen MR) is 84.0 cm³/mol. The van der Waals surface area contributed by atoms with Gasteiger partial charge in [0.15, 0.2) is 11.3 Å². The molecule has 0 atom stereocenters. The quantitative estimate of drug-likeness (QED) is 0.796. The molecule has 1 aliphatic rings. The van der Waals surface area contributed by atoms with Gasteiger partial charge in [0.1, 0.15) is 0 Å². The molecule has 5 nitrogen and oxygen atoms in total. The van der Waals surface area contributed by atoms with Gasteiger partial charge >= 0.3 is 5.97 Å². The van der Waals surface area contributed by atoms with E-state index in [1.165, 1.54) is 25.7 Å². The van der Waals surface area contributed by atoms with Crippen molar-refractivity contribution in [3.8, 4) is 0 Å². The molecule has 0 aliphatic heterocycles. The van der Waals surface area contributed by atoms with E-state index in [1.807, 2.05) is 0 Å². The number of carbonyl (C=O) groups excluding carboxylic acids is 1. The molecule has 2 aromatic rings. The van der Waals surface area contributed by atoms with Gasteiger partial charge in [0.2, 0.25) is 0 Å². The smallest absolute Gasteiger partial charge is 0.358 e. The molecule has 2 heterocycles. The third-order valence-corrected chi connectivity index (χ3v) is 4.37. The van der Waals surface area contributed by atoms with Gasteiger partial charge in [-0.1, -0.05) is 32.6 Å². The zero-order chi connectivity index (χ0) is 15.5. The number of fused-ring (bicyclic) bond motifs is 1. The monoisotopic (exact) mass is 301 g/mol. The summed E-state index contributed by atoms with van der Waals surface area (Å²) in [6.07, 6.45) is 7.19. The molecule has 2 aromatic heterocycles. The molecule has 1 saturated carbocycles. The van der Waals surface area contributed by atoms with Crippen LogP contribution >= 0.6 is 0 Å². The van der Waals surface area contributed by atoms with Crippen molar-refractivity contribution in [2.45, 2.75) is 52.4 Å². The van der Waals surface area contributed by atoms with Gasteiger partial charge in [0, 0.05) is 17.5 Å². The minimum Gasteiger partial charge on any atom is -0.461 e. The van der Waals surface area contributed by atoms with Crippen LogP contribution in [0.15, 0.2) is 12.1 Å². The van der Waals surface area contributed by atoms with E-state index in [1.54, 1.807) is 17.5 Å². The highest BCUT2D eigenvalue weighted by molar-refractivity contribution is 5.88. The zero-order valence-corrected chi connectivity index (χ0v) is 13.3. The lowest BCUT2D eigenvalue weighted by atomic mass is 10.0. The molecular weight excluding hydrogens is 278 g/mol. The fraction of sp³-hybridized carbons (Fsp3) is 0.588. The number of nitrogens with zero attached hydrogens (tertiary/aromatic N) is 3. The molecule has 22 heavy (non-hydrogen) atoms. The van der Waals surface area contributed by atoms with Gasteiger partial charge in [-0.25, -0.2) is 14.3 Å². The second-order valence-electron chi connectivity index (χ2n) is 5.97. The summed E-state index contributed by atoms with van der Waals surface area (Å²) >= 11 is 0. The predicted octanol–water partition coefficient (Wildman–Crippen LogP) is 3.20. The van der Waals surface area contributed by atoms with Gasteiger partial charge in [-0.3, -0.25) is 0 Å². The van der Waals surface area contributed by atoms with Crippen LogP contribution in [0.1, 0.15) is 61.4 Å². The second-order valence-corrected chi connectivity index (χ2v) is 5.97. The molecule has 118 valence electrons. The summed E-state index contributed by atoms with van der Waals surface area (Å²) in [6, 6.07) is 3.86. The Labute approximate surface area is 130 Å². The van der Waals surface area contributed by atoms with Gasteiger partial charge in [-0.05, 0) is 31.7 Å². The molecule has 0 bridgehead atoms. The average Bonchev–Trinajstić information content (AvgIpc) is 3.15. The van der Waals surface area contributed by atoms with Crippen LogP contribution in [-0.2, 0) is 17.6 Å². The van der Waals surface area contributed by atoms with Crippen LogP contribution < -0.4 is 0 Å². The first-order chi connectivity index (χ1) is 10.7. The van der Waals surface area contributed by atoms with Crippen LogP contribution in [0.3, 0.4) is 0 Å². The summed E-state index contributed by atoms with van der Waals surface area (Å²) in [7, 11) is 0. The third kappa shape index (κ3) is 2.98. The van der Waals surface area contributed by atoms with Gasteiger partial charge in [0.05, 0.1) is 6.61 Å². The first kappa shape index (κ1) is 15.0. The molecule has 1 aliphatic carbocycles. The van der Waals surface area contributed by atoms with E-state index < -0.39 is 0 Å². The largest absolute Gasteiger partial charge is 0.461 e. The molecule has 0 N–H and O–H groups in total. The zero-order valence-electron chi connectivity index (χ0n) is 13.3. The van der Waals surface area contributed by atoms with Crippen LogP contribution in [-0.4, -0.2) is 27.2 Å². The van der Waals surface area contributed by atoms with Crippen molar-refractivity contribution in [1.82, 2.24) is 14.6 Å². The number of esters is 1. The molecule has 0 spiro atoms. The normalized spacial score (nSPS) is 15.5. The number of aromatic nitrogens is 3. The first-order valence-corrected chi connectivity index (χ1v) is 8.27. The molecule has 0 radical (unpaired) electrons. The standard InChI is InChI=1S/C17H23N3O2/c1-3-14-10-13(9-12-7-5-6-8-12)18-16-11-15(19-20(14)16)17(21)22-4-2/h10-12H,3-9H2,1-2H3. The van der Waals surface area contributed by atoms with Crippen molar-refractivity contribution in [2.75, 3.05) is 6.61 Å².